The van der Waals surface area contributed by atoms with Crippen molar-refractivity contribution in [3.63, 3.8) is 0 Å². The first kappa shape index (κ1) is 30.7. The molecule has 3 aromatic rings. The van der Waals surface area contributed by atoms with Crippen LogP contribution in [0.3, 0.4) is 0 Å². The predicted octanol–water partition coefficient (Wildman–Crippen LogP) is 7.31. The smallest absolute Gasteiger partial charge is 0.338 e. The molecule has 12 heteroatoms. The maximum Gasteiger partial charge on any atom is 0.338 e. The minimum atomic E-state index is -4.36. The number of nitrogens with zero attached hydrogens (tertiary/aromatic N) is 1. The highest BCUT2D eigenvalue weighted by Gasteiger charge is 2.30. The average Bonchev–Trinajstić information content (AvgIpc) is 3.40. The molecule has 2 N–H and O–H groups in total. The second-order valence-corrected chi connectivity index (χ2v) is 13.3. The van der Waals surface area contributed by atoms with Gasteiger partial charge in [0.1, 0.15) is 16.6 Å². The van der Waals surface area contributed by atoms with Gasteiger partial charge in [0.05, 0.1) is 30.0 Å². The third-order valence-corrected chi connectivity index (χ3v) is 9.66. The Morgan fingerprint density at radius 1 is 1.12 bits per heavy atom. The van der Waals surface area contributed by atoms with Crippen molar-refractivity contribution in [3.05, 3.63) is 52.4 Å². The Morgan fingerprint density at radius 2 is 1.80 bits per heavy atom. The van der Waals surface area contributed by atoms with Crippen LogP contribution in [0.15, 0.2) is 34.7 Å². The van der Waals surface area contributed by atoms with Crippen molar-refractivity contribution in [2.24, 2.45) is 11.8 Å². The van der Waals surface area contributed by atoms with Crippen LogP contribution in [0, 0.1) is 23.5 Å². The highest BCUT2D eigenvalue weighted by Crippen LogP contribution is 2.45. The molecule has 41 heavy (non-hydrogen) atoms. The van der Waals surface area contributed by atoms with Crippen LogP contribution < -0.4 is 14.2 Å². The monoisotopic (exact) mass is 608 g/mol. The first-order valence-corrected chi connectivity index (χ1v) is 15.8. The number of benzene rings is 2. The topological polar surface area (TPSA) is 115 Å². The third kappa shape index (κ3) is 6.64. The van der Waals surface area contributed by atoms with E-state index < -0.39 is 38.2 Å². The maximum absolute atomic E-state index is 16.0. The largest absolute Gasteiger partial charge is 0.495 e. The number of carboxylic acids is 1. The molecule has 222 valence electrons. The van der Waals surface area contributed by atoms with E-state index in [1.54, 1.807) is 6.07 Å². The van der Waals surface area contributed by atoms with E-state index in [9.17, 15) is 17.6 Å². The number of halogens is 2. The van der Waals surface area contributed by atoms with Gasteiger partial charge < -0.3 is 14.6 Å². The molecule has 1 saturated carbocycles. The first-order chi connectivity index (χ1) is 19.3. The van der Waals surface area contributed by atoms with Crippen molar-refractivity contribution in [2.75, 3.05) is 11.8 Å². The van der Waals surface area contributed by atoms with Gasteiger partial charge in [-0.1, -0.05) is 19.9 Å². The van der Waals surface area contributed by atoms with Crippen molar-refractivity contribution in [1.29, 1.82) is 0 Å². The fourth-order valence-electron chi connectivity index (χ4n) is 5.18. The molecule has 1 fully saturated rings. The third-order valence-electron chi connectivity index (χ3n) is 7.39. The van der Waals surface area contributed by atoms with E-state index >= 15 is 4.39 Å². The molecule has 1 aromatic heterocycles. The maximum atomic E-state index is 16.0. The summed E-state index contributed by atoms with van der Waals surface area (Å²) in [5.74, 6) is -1.87. The Labute approximate surface area is 242 Å². The second-order valence-electron chi connectivity index (χ2n) is 10.8. The van der Waals surface area contributed by atoms with Gasteiger partial charge in [0, 0.05) is 17.0 Å². The number of sulfonamides is 1. The summed E-state index contributed by atoms with van der Waals surface area (Å²) >= 11 is 0.937. The van der Waals surface area contributed by atoms with E-state index in [2.05, 4.69) is 23.6 Å². The highest BCUT2D eigenvalue weighted by molar-refractivity contribution is 7.92. The molecule has 1 heterocycles. The molecule has 0 atom stereocenters. The Kier molecular flexibility index (Phi) is 9.22. The number of thiazole rings is 1. The summed E-state index contributed by atoms with van der Waals surface area (Å²) in [5, 5.41) is 10.1. The lowest BCUT2D eigenvalue weighted by molar-refractivity contribution is 0.0691. The van der Waals surface area contributed by atoms with E-state index in [1.165, 1.54) is 12.5 Å². The zero-order chi connectivity index (χ0) is 30.1. The molecule has 1 aliphatic rings. The Bertz CT molecular complexity index is 1530. The van der Waals surface area contributed by atoms with E-state index in [4.69, 9.17) is 14.6 Å². The molecule has 0 unspecified atom stereocenters. The number of aromatic carboxylic acids is 1. The normalized spacial score (nSPS) is 17.6. The van der Waals surface area contributed by atoms with Crippen LogP contribution in [0.2, 0.25) is 0 Å². The first-order valence-electron chi connectivity index (χ1n) is 13.4. The lowest BCUT2D eigenvalue weighted by Gasteiger charge is -2.32. The minimum Gasteiger partial charge on any atom is -0.495 e. The predicted molar refractivity (Wildman–Crippen MR) is 154 cm³/mol. The minimum absolute atomic E-state index is 0.112. The molecule has 1 aliphatic carbocycles. The molecule has 0 saturated heterocycles. The van der Waals surface area contributed by atoms with Crippen LogP contribution in [-0.4, -0.2) is 37.7 Å². The zero-order valence-corrected chi connectivity index (χ0v) is 25.2. The van der Waals surface area contributed by atoms with Gasteiger partial charge in [-0.15, -0.1) is 11.3 Å². The number of rotatable bonds is 10. The number of aromatic nitrogens is 1. The summed E-state index contributed by atoms with van der Waals surface area (Å²) in [7, 11) is -3.17. The SMILES string of the molecule is COc1cc(C(=O)O)c(F)cc1NS(=O)(=O)c1csc(-c2ccc([C@H]3CC[C@@H](C(C)C)CC3)c(OC(C)C)c2F)n1. The number of carboxylic acid groups (broad SMARTS) is 1. The molecule has 2 aromatic carbocycles. The Balaban J connectivity index is 1.64. The number of ether oxygens (including phenoxy) is 2. The van der Waals surface area contributed by atoms with Gasteiger partial charge in [-0.2, -0.15) is 8.42 Å². The van der Waals surface area contributed by atoms with Gasteiger partial charge in [0.15, 0.2) is 16.6 Å². The van der Waals surface area contributed by atoms with E-state index in [-0.39, 0.29) is 39.8 Å². The van der Waals surface area contributed by atoms with Crippen molar-refractivity contribution >= 4 is 33.0 Å². The number of methoxy groups -OCH3 is 1. The zero-order valence-electron chi connectivity index (χ0n) is 23.5. The van der Waals surface area contributed by atoms with Crippen LogP contribution in [0.1, 0.15) is 75.2 Å². The van der Waals surface area contributed by atoms with Gasteiger partial charge >= 0.3 is 5.97 Å². The Hall–Kier alpha value is -3.25. The van der Waals surface area contributed by atoms with E-state index in [0.29, 0.717) is 11.8 Å². The quantitative estimate of drug-likeness (QED) is 0.248. The van der Waals surface area contributed by atoms with Crippen molar-refractivity contribution < 1.29 is 36.6 Å². The summed E-state index contributed by atoms with van der Waals surface area (Å²) < 4.78 is 69.7. The van der Waals surface area contributed by atoms with Crippen LogP contribution in [0.5, 0.6) is 11.5 Å². The van der Waals surface area contributed by atoms with Crippen LogP contribution in [0.25, 0.3) is 10.6 Å². The highest BCUT2D eigenvalue weighted by atomic mass is 32.2. The fourth-order valence-corrected chi connectivity index (χ4v) is 7.35. The second kappa shape index (κ2) is 12.3. The standard InChI is InChI=1S/C29H34F2N2O6S2/c1-15(2)17-6-8-18(9-7-17)19-10-11-20(26(31)27(19)39-16(3)4)28-32-25(14-40-28)41(36,37)33-23-13-22(30)21(29(34)35)12-24(23)38-5/h10-18,33H,6-9H2,1-5H3,(H,34,35)/t17-,18+. The molecule has 0 radical (unpaired) electrons. The summed E-state index contributed by atoms with van der Waals surface area (Å²) in [5.41, 5.74) is -0.0553. The number of carbonyl (C=O) groups is 1. The van der Waals surface area contributed by atoms with Crippen molar-refractivity contribution in [1.82, 2.24) is 4.98 Å². The molecule has 4 rings (SSSR count). The van der Waals surface area contributed by atoms with Crippen molar-refractivity contribution in [2.45, 2.75) is 70.4 Å². The van der Waals surface area contributed by atoms with Crippen LogP contribution in [-0.2, 0) is 10.0 Å². The lowest BCUT2D eigenvalue weighted by atomic mass is 9.74. The van der Waals surface area contributed by atoms with E-state index in [1.807, 2.05) is 19.9 Å². The number of hydrogen-bond acceptors (Lipinski definition) is 7. The molecule has 0 bridgehead atoms. The molecule has 0 spiro atoms. The van der Waals surface area contributed by atoms with Gasteiger partial charge in [-0.3, -0.25) is 4.72 Å². The lowest BCUT2D eigenvalue weighted by Crippen LogP contribution is -2.19. The molecule has 8 nitrogen and oxygen atoms in total. The number of anilines is 1. The van der Waals surface area contributed by atoms with Crippen molar-refractivity contribution in [3.8, 4) is 22.1 Å². The Morgan fingerprint density at radius 3 is 2.39 bits per heavy atom. The fraction of sp³-hybridized carbons (Fsp3) is 0.448. The summed E-state index contributed by atoms with van der Waals surface area (Å²) in [4.78, 5) is 15.4. The van der Waals surface area contributed by atoms with Crippen LogP contribution in [0.4, 0.5) is 14.5 Å². The average molecular weight is 609 g/mol. The molecular formula is C29H34F2N2O6S2. The summed E-state index contributed by atoms with van der Waals surface area (Å²) in [6.45, 7) is 8.11. The van der Waals surface area contributed by atoms with Gasteiger partial charge in [0.2, 0.25) is 0 Å². The van der Waals surface area contributed by atoms with Gasteiger partial charge in [0.25, 0.3) is 10.0 Å². The summed E-state index contributed by atoms with van der Waals surface area (Å²) in [6, 6.07) is 5.06. The molecule has 0 aliphatic heterocycles. The van der Waals surface area contributed by atoms with Crippen LogP contribution >= 0.6 is 11.3 Å². The molecular weight excluding hydrogens is 574 g/mol. The van der Waals surface area contributed by atoms with Gasteiger partial charge in [-0.05, 0) is 69.4 Å². The van der Waals surface area contributed by atoms with E-state index in [0.717, 1.165) is 54.7 Å². The van der Waals surface area contributed by atoms with Gasteiger partial charge in [-0.25, -0.2) is 18.6 Å². The number of hydrogen-bond donors (Lipinski definition) is 2. The number of nitrogens with one attached hydrogen (secondary N) is 1. The summed E-state index contributed by atoms with van der Waals surface area (Å²) in [6.07, 6.45) is 3.75. The molecule has 0 amide bonds.